The molecule has 1 aromatic rings. The van der Waals surface area contributed by atoms with Gasteiger partial charge in [-0.15, -0.1) is 0 Å². The number of amides is 1. The van der Waals surface area contributed by atoms with E-state index in [2.05, 4.69) is 0 Å². The summed E-state index contributed by atoms with van der Waals surface area (Å²) in [6.45, 7) is 0. The van der Waals surface area contributed by atoms with Crippen LogP contribution in [0.5, 0.6) is 5.75 Å². The molecule has 0 aliphatic heterocycles. The number of ether oxygens (including phenoxy) is 1. The van der Waals surface area contributed by atoms with Crippen LogP contribution >= 0.6 is 0 Å². The monoisotopic (exact) mass is 305 g/mol. The first-order valence-electron chi connectivity index (χ1n) is 7.76. The number of hydrogen-bond acceptors (Lipinski definition) is 3. The van der Waals surface area contributed by atoms with E-state index in [0.717, 1.165) is 25.7 Å². The minimum Gasteiger partial charge on any atom is -0.497 e. The molecule has 0 saturated heterocycles. The van der Waals surface area contributed by atoms with Gasteiger partial charge in [-0.2, -0.15) is 0 Å². The number of hydrogen-bond donors (Lipinski definition) is 1. The Kier molecular flexibility index (Phi) is 5.81. The molecular weight excluding hydrogens is 282 g/mol. The number of aliphatic carboxylic acids is 1. The molecule has 0 heterocycles. The fourth-order valence-electron chi connectivity index (χ4n) is 3.16. The van der Waals surface area contributed by atoms with Crippen molar-refractivity contribution in [2.24, 2.45) is 5.92 Å². The second kappa shape index (κ2) is 7.82. The van der Waals surface area contributed by atoms with Gasteiger partial charge >= 0.3 is 5.97 Å². The van der Waals surface area contributed by atoms with Crippen molar-refractivity contribution in [1.82, 2.24) is 0 Å². The first-order valence-corrected chi connectivity index (χ1v) is 7.76. The van der Waals surface area contributed by atoms with Gasteiger partial charge in [0.1, 0.15) is 11.8 Å². The molecule has 5 heteroatoms. The normalized spacial score (nSPS) is 16.8. The molecule has 5 nitrogen and oxygen atoms in total. The number of carboxylic acids is 1. The van der Waals surface area contributed by atoms with Crippen LogP contribution in [0.3, 0.4) is 0 Å². The molecule has 1 aliphatic carbocycles. The summed E-state index contributed by atoms with van der Waals surface area (Å²) in [5.74, 6) is 0.0227. The van der Waals surface area contributed by atoms with Crippen molar-refractivity contribution in [3.63, 3.8) is 0 Å². The van der Waals surface area contributed by atoms with Crippen molar-refractivity contribution in [2.45, 2.75) is 44.6 Å². The molecule has 120 valence electrons. The smallest absolute Gasteiger partial charge is 0.326 e. The predicted molar refractivity (Wildman–Crippen MR) is 84.2 cm³/mol. The number of anilines is 1. The van der Waals surface area contributed by atoms with E-state index in [4.69, 9.17) is 4.74 Å². The van der Waals surface area contributed by atoms with E-state index in [1.54, 1.807) is 31.4 Å². The summed E-state index contributed by atoms with van der Waals surface area (Å²) in [5, 5.41) is 9.56. The topological polar surface area (TPSA) is 66.8 Å². The highest BCUT2D eigenvalue weighted by Gasteiger charge is 2.29. The van der Waals surface area contributed by atoms with E-state index in [1.807, 2.05) is 0 Å². The quantitative estimate of drug-likeness (QED) is 0.786. The number of nitrogens with zero attached hydrogens (tertiary/aromatic N) is 1. The fraction of sp³-hybridized carbons (Fsp3) is 0.529. The fourth-order valence-corrected chi connectivity index (χ4v) is 3.16. The maximum atomic E-state index is 11.7. The lowest BCUT2D eigenvalue weighted by Gasteiger charge is -2.30. The van der Waals surface area contributed by atoms with Gasteiger partial charge in [0.15, 0.2) is 0 Å². The zero-order valence-corrected chi connectivity index (χ0v) is 12.9. The lowest BCUT2D eigenvalue weighted by Crippen LogP contribution is -2.42. The minimum atomic E-state index is -0.958. The van der Waals surface area contributed by atoms with Crippen LogP contribution in [0.1, 0.15) is 38.5 Å². The average Bonchev–Trinajstić information content (AvgIpc) is 2.55. The number of benzene rings is 1. The standard InChI is InChI=1S/C17H23NO4/c1-22-15-9-5-8-14(11-15)18(12-19)16(17(20)21)10-13-6-3-2-4-7-13/h5,8-9,11-13,16H,2-4,6-7,10H2,1H3,(H,20,21)/t16-/m0/s1. The van der Waals surface area contributed by atoms with Crippen molar-refractivity contribution in [1.29, 1.82) is 0 Å². The van der Waals surface area contributed by atoms with Crippen molar-refractivity contribution in [2.75, 3.05) is 12.0 Å². The Bertz CT molecular complexity index is 511. The maximum absolute atomic E-state index is 11.7. The van der Waals surface area contributed by atoms with Crippen LogP contribution in [0.25, 0.3) is 0 Å². The van der Waals surface area contributed by atoms with Crippen LogP contribution in [0.4, 0.5) is 5.69 Å². The van der Waals surface area contributed by atoms with Gasteiger partial charge in [-0.3, -0.25) is 4.79 Å². The number of carboxylic acid groups (broad SMARTS) is 1. The molecule has 0 bridgehead atoms. The molecule has 1 aromatic carbocycles. The Morgan fingerprint density at radius 2 is 2.14 bits per heavy atom. The van der Waals surface area contributed by atoms with Gasteiger partial charge in [0, 0.05) is 11.8 Å². The summed E-state index contributed by atoms with van der Waals surface area (Å²) in [5.41, 5.74) is 0.553. The first-order chi connectivity index (χ1) is 10.7. The zero-order chi connectivity index (χ0) is 15.9. The third kappa shape index (κ3) is 4.00. The maximum Gasteiger partial charge on any atom is 0.326 e. The Morgan fingerprint density at radius 1 is 1.41 bits per heavy atom. The van der Waals surface area contributed by atoms with Gasteiger partial charge in [0.25, 0.3) is 0 Å². The van der Waals surface area contributed by atoms with Crippen LogP contribution in [0.2, 0.25) is 0 Å². The lowest BCUT2D eigenvalue weighted by molar-refractivity contribution is -0.139. The van der Waals surface area contributed by atoms with Crippen molar-refractivity contribution >= 4 is 18.1 Å². The van der Waals surface area contributed by atoms with Crippen molar-refractivity contribution < 1.29 is 19.4 Å². The molecule has 1 N–H and O–H groups in total. The Balaban J connectivity index is 2.19. The Labute approximate surface area is 130 Å². The highest BCUT2D eigenvalue weighted by Crippen LogP contribution is 2.30. The van der Waals surface area contributed by atoms with E-state index < -0.39 is 12.0 Å². The van der Waals surface area contributed by atoms with E-state index in [1.165, 1.54) is 11.3 Å². The second-order valence-electron chi connectivity index (χ2n) is 5.81. The van der Waals surface area contributed by atoms with Gasteiger partial charge in [-0.1, -0.05) is 38.2 Å². The molecule has 1 atom stereocenters. The van der Waals surface area contributed by atoms with E-state index in [0.29, 0.717) is 30.2 Å². The molecule has 0 aromatic heterocycles. The second-order valence-corrected chi connectivity index (χ2v) is 5.81. The first kappa shape index (κ1) is 16.3. The van der Waals surface area contributed by atoms with E-state index >= 15 is 0 Å². The Hall–Kier alpha value is -2.04. The summed E-state index contributed by atoms with van der Waals surface area (Å²) in [6, 6.07) is 6.11. The van der Waals surface area contributed by atoms with Gasteiger partial charge in [-0.25, -0.2) is 4.79 Å². The average molecular weight is 305 g/mol. The minimum absolute atomic E-state index is 0.378. The molecule has 1 fully saturated rings. The summed E-state index contributed by atoms with van der Waals surface area (Å²) < 4.78 is 5.15. The number of methoxy groups -OCH3 is 1. The number of carbonyl (C=O) groups excluding carboxylic acids is 1. The predicted octanol–water partition coefficient (Wildman–Crippen LogP) is 3.08. The molecule has 1 saturated carbocycles. The van der Waals surface area contributed by atoms with Crippen molar-refractivity contribution in [3.05, 3.63) is 24.3 Å². The number of carbonyl (C=O) groups is 2. The lowest BCUT2D eigenvalue weighted by atomic mass is 9.84. The molecule has 1 amide bonds. The van der Waals surface area contributed by atoms with Crippen LogP contribution in [0.15, 0.2) is 24.3 Å². The van der Waals surface area contributed by atoms with Gasteiger partial charge in [0.2, 0.25) is 6.41 Å². The summed E-state index contributed by atoms with van der Waals surface area (Å²) >= 11 is 0. The summed E-state index contributed by atoms with van der Waals surface area (Å²) in [7, 11) is 1.54. The molecule has 22 heavy (non-hydrogen) atoms. The SMILES string of the molecule is COc1cccc(N(C=O)[C@@H](CC2CCCCC2)C(=O)O)c1. The van der Waals surface area contributed by atoms with Crippen LogP contribution < -0.4 is 9.64 Å². The zero-order valence-electron chi connectivity index (χ0n) is 12.9. The highest BCUT2D eigenvalue weighted by molar-refractivity contribution is 5.88. The summed E-state index contributed by atoms with van der Waals surface area (Å²) in [4.78, 5) is 24.5. The molecule has 0 unspecified atom stereocenters. The van der Waals surface area contributed by atoms with Crippen molar-refractivity contribution in [3.8, 4) is 5.75 Å². The van der Waals surface area contributed by atoms with Crippen LogP contribution in [-0.2, 0) is 9.59 Å². The van der Waals surface area contributed by atoms with Gasteiger partial charge < -0.3 is 14.7 Å². The van der Waals surface area contributed by atoms with Crippen LogP contribution in [-0.4, -0.2) is 30.6 Å². The van der Waals surface area contributed by atoms with E-state index in [-0.39, 0.29) is 0 Å². The van der Waals surface area contributed by atoms with E-state index in [9.17, 15) is 14.7 Å². The largest absolute Gasteiger partial charge is 0.497 e. The molecule has 1 aliphatic rings. The van der Waals surface area contributed by atoms with Gasteiger partial charge in [0.05, 0.1) is 7.11 Å². The number of rotatable bonds is 7. The van der Waals surface area contributed by atoms with Crippen LogP contribution in [0, 0.1) is 5.92 Å². The Morgan fingerprint density at radius 3 is 2.73 bits per heavy atom. The molecule has 0 spiro atoms. The molecule has 0 radical (unpaired) electrons. The highest BCUT2D eigenvalue weighted by atomic mass is 16.5. The molecule has 2 rings (SSSR count). The third-order valence-electron chi connectivity index (χ3n) is 4.37. The summed E-state index contributed by atoms with van der Waals surface area (Å²) in [6.07, 6.45) is 6.74. The third-order valence-corrected chi connectivity index (χ3v) is 4.37. The van der Waals surface area contributed by atoms with Gasteiger partial charge in [-0.05, 0) is 24.5 Å². The molecular formula is C17H23NO4.